The van der Waals surface area contributed by atoms with Crippen molar-refractivity contribution in [2.45, 2.75) is 44.1 Å². The van der Waals surface area contributed by atoms with Crippen LogP contribution < -0.4 is 4.90 Å². The zero-order valence-corrected chi connectivity index (χ0v) is 18.0. The molecule has 0 aromatic heterocycles. The highest BCUT2D eigenvalue weighted by Crippen LogP contribution is 2.55. The van der Waals surface area contributed by atoms with E-state index in [2.05, 4.69) is 4.90 Å². The molecule has 1 saturated carbocycles. The van der Waals surface area contributed by atoms with E-state index >= 15 is 0 Å². The maximum absolute atomic E-state index is 12.4. The van der Waals surface area contributed by atoms with E-state index in [9.17, 15) is 14.7 Å². The van der Waals surface area contributed by atoms with E-state index < -0.39 is 5.97 Å². The summed E-state index contributed by atoms with van der Waals surface area (Å²) in [4.78, 5) is 26.6. The number of ether oxygens (including phenoxy) is 2. The number of fused-ring (bicyclic) bond motifs is 1. The summed E-state index contributed by atoms with van der Waals surface area (Å²) in [5, 5.41) is 9.82. The lowest BCUT2D eigenvalue weighted by atomic mass is 9.73. The van der Waals surface area contributed by atoms with Gasteiger partial charge in [-0.05, 0) is 54.2 Å². The summed E-state index contributed by atoms with van der Waals surface area (Å²) in [5.41, 5.74) is 3.53. The van der Waals surface area contributed by atoms with Crippen molar-refractivity contribution < 1.29 is 24.2 Å². The van der Waals surface area contributed by atoms with E-state index in [0.717, 1.165) is 29.7 Å². The van der Waals surface area contributed by atoms with E-state index in [1.165, 1.54) is 33.5 Å². The van der Waals surface area contributed by atoms with Gasteiger partial charge in [-0.2, -0.15) is 0 Å². The van der Waals surface area contributed by atoms with Gasteiger partial charge in [0.25, 0.3) is 0 Å². The first-order valence-electron chi connectivity index (χ1n) is 10.9. The van der Waals surface area contributed by atoms with Crippen LogP contribution in [0.3, 0.4) is 0 Å². The quantitative estimate of drug-likeness (QED) is 0.710. The predicted octanol–water partition coefficient (Wildman–Crippen LogP) is 4.58. The van der Waals surface area contributed by atoms with Gasteiger partial charge in [0.2, 0.25) is 0 Å². The van der Waals surface area contributed by atoms with Gasteiger partial charge in [0.1, 0.15) is 12.3 Å². The molecule has 164 valence electrons. The number of anilines is 1. The van der Waals surface area contributed by atoms with Crippen LogP contribution in [0.4, 0.5) is 5.69 Å². The van der Waals surface area contributed by atoms with Crippen molar-refractivity contribution in [1.82, 2.24) is 0 Å². The van der Waals surface area contributed by atoms with Crippen LogP contribution in [-0.2, 0) is 14.3 Å². The molecule has 2 unspecified atom stereocenters. The Bertz CT molecular complexity index is 949. The smallest absolute Gasteiger partial charge is 0.337 e. The average molecular weight is 424 g/mol. The lowest BCUT2D eigenvalue weighted by Gasteiger charge is -2.35. The molecule has 31 heavy (non-hydrogen) atoms. The molecule has 1 aliphatic carbocycles. The largest absolute Gasteiger partial charge is 0.508 e. The van der Waals surface area contributed by atoms with Crippen LogP contribution in [0.5, 0.6) is 5.75 Å². The van der Waals surface area contributed by atoms with Crippen molar-refractivity contribution in [2.75, 3.05) is 25.7 Å². The molecule has 4 rings (SSSR count). The first-order valence-corrected chi connectivity index (χ1v) is 10.9. The molecule has 1 fully saturated rings. The summed E-state index contributed by atoms with van der Waals surface area (Å²) in [6.07, 6.45) is 5.95. The van der Waals surface area contributed by atoms with E-state index in [1.807, 2.05) is 30.3 Å². The fraction of sp³-hybridized carbons (Fsp3) is 0.440. The van der Waals surface area contributed by atoms with Crippen LogP contribution in [0.1, 0.15) is 65.5 Å². The van der Waals surface area contributed by atoms with Crippen LogP contribution in [0.2, 0.25) is 0 Å². The molecule has 0 spiro atoms. The zero-order valence-electron chi connectivity index (χ0n) is 18.0. The molecular formula is C25H29NO5. The maximum atomic E-state index is 12.4. The molecule has 2 atom stereocenters. The zero-order chi connectivity index (χ0) is 22.0. The second-order valence-corrected chi connectivity index (χ2v) is 8.43. The molecule has 2 aromatic rings. The summed E-state index contributed by atoms with van der Waals surface area (Å²) in [6, 6.07) is 12.8. The van der Waals surface area contributed by atoms with Gasteiger partial charge in [-0.1, -0.05) is 37.5 Å². The maximum Gasteiger partial charge on any atom is 0.337 e. The van der Waals surface area contributed by atoms with Crippen LogP contribution in [0.15, 0.2) is 42.5 Å². The van der Waals surface area contributed by atoms with Gasteiger partial charge in [0, 0.05) is 11.6 Å². The van der Waals surface area contributed by atoms with Gasteiger partial charge in [-0.25, -0.2) is 4.79 Å². The van der Waals surface area contributed by atoms with E-state index in [1.54, 1.807) is 12.1 Å². The topological polar surface area (TPSA) is 76.1 Å². The van der Waals surface area contributed by atoms with Crippen LogP contribution in [0.25, 0.3) is 0 Å². The third-order valence-corrected chi connectivity index (χ3v) is 6.72. The molecule has 0 radical (unpaired) electrons. The molecule has 6 nitrogen and oxygen atoms in total. The van der Waals surface area contributed by atoms with Crippen LogP contribution >= 0.6 is 0 Å². The minimum absolute atomic E-state index is 0.0781. The lowest BCUT2D eigenvalue weighted by molar-refractivity contribution is -0.139. The molecule has 1 N–H and O–H groups in total. The Morgan fingerprint density at radius 3 is 2.35 bits per heavy atom. The standard InChI is InChI=1S/C25H29NO5/c1-30-22(28)15-26-21-14-18(25(29)31-2)10-13-20(21)23(16-6-4-3-5-7-16)24(26)17-8-11-19(27)12-9-17/h8-14,16,23-24,27H,3-7,15H2,1-2H3. The number of methoxy groups -OCH3 is 2. The number of phenolic OH excluding ortho intramolecular Hbond substituents is 1. The molecule has 2 aliphatic rings. The van der Waals surface area contributed by atoms with Crippen molar-refractivity contribution in [3.63, 3.8) is 0 Å². The third-order valence-electron chi connectivity index (χ3n) is 6.72. The molecular weight excluding hydrogens is 394 g/mol. The molecule has 0 saturated heterocycles. The van der Waals surface area contributed by atoms with E-state index in [0.29, 0.717) is 11.5 Å². The minimum Gasteiger partial charge on any atom is -0.508 e. The fourth-order valence-electron chi connectivity index (χ4n) is 5.28. The second kappa shape index (κ2) is 9.00. The van der Waals surface area contributed by atoms with Gasteiger partial charge in [-0.15, -0.1) is 0 Å². The molecule has 6 heteroatoms. The number of hydrogen-bond acceptors (Lipinski definition) is 6. The van der Waals surface area contributed by atoms with Crippen LogP contribution in [-0.4, -0.2) is 37.8 Å². The monoisotopic (exact) mass is 423 g/mol. The molecule has 2 aromatic carbocycles. The number of hydrogen-bond donors (Lipinski definition) is 1. The Hall–Kier alpha value is -3.02. The van der Waals surface area contributed by atoms with Crippen LogP contribution in [0, 0.1) is 5.92 Å². The van der Waals surface area contributed by atoms with Crippen molar-refractivity contribution >= 4 is 17.6 Å². The van der Waals surface area contributed by atoms with E-state index in [4.69, 9.17) is 9.47 Å². The summed E-state index contributed by atoms with van der Waals surface area (Å²) in [5.74, 6) is 0.153. The summed E-state index contributed by atoms with van der Waals surface area (Å²) >= 11 is 0. The third kappa shape index (κ3) is 4.11. The van der Waals surface area contributed by atoms with Gasteiger partial charge < -0.3 is 19.5 Å². The summed E-state index contributed by atoms with van der Waals surface area (Å²) in [6.45, 7) is 0.0862. The number of esters is 2. The highest BCUT2D eigenvalue weighted by atomic mass is 16.5. The Balaban J connectivity index is 1.85. The summed E-state index contributed by atoms with van der Waals surface area (Å²) in [7, 11) is 2.75. The SMILES string of the molecule is COC(=O)CN1c2cc(C(=O)OC)ccc2C(C2CCCCC2)C1c1ccc(O)cc1. The number of phenols is 1. The van der Waals surface area contributed by atoms with Crippen molar-refractivity contribution in [1.29, 1.82) is 0 Å². The Morgan fingerprint density at radius 2 is 1.71 bits per heavy atom. The Kier molecular flexibility index (Phi) is 6.16. The molecule has 0 bridgehead atoms. The lowest BCUT2D eigenvalue weighted by Crippen LogP contribution is -2.34. The van der Waals surface area contributed by atoms with E-state index in [-0.39, 0.29) is 30.2 Å². The highest BCUT2D eigenvalue weighted by molar-refractivity contribution is 5.91. The Morgan fingerprint density at radius 1 is 1.00 bits per heavy atom. The van der Waals surface area contributed by atoms with Crippen molar-refractivity contribution in [3.8, 4) is 5.75 Å². The predicted molar refractivity (Wildman–Crippen MR) is 117 cm³/mol. The number of nitrogens with zero attached hydrogens (tertiary/aromatic N) is 1. The number of carbonyl (C=O) groups is 2. The first-order chi connectivity index (χ1) is 15.0. The van der Waals surface area contributed by atoms with Crippen molar-refractivity contribution in [2.24, 2.45) is 5.92 Å². The number of benzene rings is 2. The summed E-state index contributed by atoms with van der Waals surface area (Å²) < 4.78 is 9.92. The molecule has 1 heterocycles. The molecule has 1 aliphatic heterocycles. The van der Waals surface area contributed by atoms with Gasteiger partial charge in [-0.3, -0.25) is 4.79 Å². The second-order valence-electron chi connectivity index (χ2n) is 8.43. The molecule has 0 amide bonds. The number of aromatic hydroxyl groups is 1. The van der Waals surface area contributed by atoms with Gasteiger partial charge in [0.05, 0.1) is 25.8 Å². The van der Waals surface area contributed by atoms with Gasteiger partial charge in [0.15, 0.2) is 0 Å². The fourth-order valence-corrected chi connectivity index (χ4v) is 5.28. The minimum atomic E-state index is -0.400. The highest BCUT2D eigenvalue weighted by Gasteiger charge is 2.44. The number of carbonyl (C=O) groups excluding carboxylic acids is 2. The normalized spacial score (nSPS) is 20.9. The van der Waals surface area contributed by atoms with Gasteiger partial charge >= 0.3 is 11.9 Å². The number of rotatable bonds is 5. The first kappa shape index (κ1) is 21.2. The Labute approximate surface area is 182 Å². The van der Waals surface area contributed by atoms with Crippen molar-refractivity contribution in [3.05, 3.63) is 59.2 Å². The average Bonchev–Trinajstić information content (AvgIpc) is 3.12.